The van der Waals surface area contributed by atoms with Crippen molar-refractivity contribution in [2.75, 3.05) is 13.8 Å². The topological polar surface area (TPSA) is 113 Å². The van der Waals surface area contributed by atoms with Crippen molar-refractivity contribution in [1.82, 2.24) is 15.0 Å². The van der Waals surface area contributed by atoms with Crippen LogP contribution in [-0.2, 0) is 16.7 Å². The van der Waals surface area contributed by atoms with Crippen molar-refractivity contribution in [2.45, 2.75) is 31.2 Å². The molecule has 2 aromatic heterocycles. The first-order chi connectivity index (χ1) is 13.8. The molecule has 0 bridgehead atoms. The molecule has 0 fully saturated rings. The van der Waals surface area contributed by atoms with Crippen molar-refractivity contribution < 1.29 is 27.4 Å². The lowest BCUT2D eigenvalue weighted by Crippen LogP contribution is -2.51. The Hall–Kier alpha value is -3.24. The zero-order valence-corrected chi connectivity index (χ0v) is 15.6. The summed E-state index contributed by atoms with van der Waals surface area (Å²) >= 11 is 0. The van der Waals surface area contributed by atoms with Crippen molar-refractivity contribution in [2.24, 2.45) is 10.7 Å². The normalized spacial score (nSPS) is 23.8. The Morgan fingerprint density at radius 2 is 2.10 bits per heavy atom. The van der Waals surface area contributed by atoms with E-state index < -0.39 is 47.8 Å². The maximum Gasteiger partial charge on any atom is 0.283 e. The van der Waals surface area contributed by atoms with Gasteiger partial charge in [-0.15, -0.1) is 0 Å². The molecule has 1 aliphatic heterocycles. The molecule has 3 atom stereocenters. The molecule has 0 unspecified atom stereocenters. The standard InChI is InChI=1S/C18H18F3N5O3/c1-18(15(21)13(6-19)29-17(22)26-18)16-10(20)4-3-9(25-16)5-12(27)11-7-24-14(28-2)8-23-11/h3-4,7-8,13,15H,5-6H2,1-2H3,(H2,22,26)/t13-,15+,18+/m1/s1. The van der Waals surface area contributed by atoms with Crippen LogP contribution in [0.2, 0.25) is 0 Å². The van der Waals surface area contributed by atoms with E-state index in [2.05, 4.69) is 19.9 Å². The average molecular weight is 409 g/mol. The van der Waals surface area contributed by atoms with Crippen molar-refractivity contribution in [3.8, 4) is 5.88 Å². The van der Waals surface area contributed by atoms with E-state index in [1.54, 1.807) is 0 Å². The lowest BCUT2D eigenvalue weighted by molar-refractivity contribution is 0.00305. The van der Waals surface area contributed by atoms with Crippen molar-refractivity contribution >= 4 is 11.8 Å². The molecule has 2 aromatic rings. The monoisotopic (exact) mass is 409 g/mol. The van der Waals surface area contributed by atoms with Crippen LogP contribution < -0.4 is 10.5 Å². The van der Waals surface area contributed by atoms with E-state index in [0.29, 0.717) is 0 Å². The number of pyridine rings is 1. The number of halogens is 3. The minimum Gasteiger partial charge on any atom is -0.480 e. The van der Waals surface area contributed by atoms with Gasteiger partial charge in [0.1, 0.15) is 29.4 Å². The molecule has 11 heteroatoms. The Bertz CT molecular complexity index is 941. The third-order valence-electron chi connectivity index (χ3n) is 4.48. The van der Waals surface area contributed by atoms with Gasteiger partial charge < -0.3 is 15.2 Å². The zero-order valence-electron chi connectivity index (χ0n) is 15.6. The zero-order chi connectivity index (χ0) is 21.2. The molecule has 3 rings (SSSR count). The van der Waals surface area contributed by atoms with Gasteiger partial charge in [-0.2, -0.15) is 0 Å². The summed E-state index contributed by atoms with van der Waals surface area (Å²) in [6.07, 6.45) is -1.32. The Balaban J connectivity index is 1.91. The van der Waals surface area contributed by atoms with Gasteiger partial charge in [0.05, 0.1) is 25.9 Å². The van der Waals surface area contributed by atoms with Gasteiger partial charge in [0, 0.05) is 5.69 Å². The fraction of sp³-hybridized carbons (Fsp3) is 0.389. The van der Waals surface area contributed by atoms with E-state index in [9.17, 15) is 18.0 Å². The van der Waals surface area contributed by atoms with Crippen LogP contribution in [0.5, 0.6) is 5.88 Å². The molecule has 0 amide bonds. The Labute approximate surface area is 164 Å². The van der Waals surface area contributed by atoms with Gasteiger partial charge in [-0.1, -0.05) is 0 Å². The summed E-state index contributed by atoms with van der Waals surface area (Å²) in [4.78, 5) is 28.1. The number of nitrogens with zero attached hydrogens (tertiary/aromatic N) is 4. The van der Waals surface area contributed by atoms with Crippen molar-refractivity contribution in [1.29, 1.82) is 0 Å². The maximum absolute atomic E-state index is 14.8. The first-order valence-electron chi connectivity index (χ1n) is 8.55. The van der Waals surface area contributed by atoms with E-state index in [-0.39, 0.29) is 23.7 Å². The van der Waals surface area contributed by atoms with Gasteiger partial charge in [-0.05, 0) is 19.1 Å². The second-order valence-electron chi connectivity index (χ2n) is 6.49. The average Bonchev–Trinajstić information content (AvgIpc) is 2.72. The molecule has 2 N–H and O–H groups in total. The molecule has 1 aliphatic rings. The summed E-state index contributed by atoms with van der Waals surface area (Å²) in [5, 5.41) is 0. The van der Waals surface area contributed by atoms with E-state index in [1.165, 1.54) is 32.5 Å². The molecule has 0 aliphatic carbocycles. The fourth-order valence-corrected chi connectivity index (χ4v) is 2.94. The number of carbonyl (C=O) groups is 1. The van der Waals surface area contributed by atoms with E-state index in [0.717, 1.165) is 6.07 Å². The number of aromatic nitrogens is 3. The minimum atomic E-state index is -2.04. The highest BCUT2D eigenvalue weighted by Crippen LogP contribution is 2.37. The number of carbonyl (C=O) groups excluding carboxylic acids is 1. The first kappa shape index (κ1) is 20.5. The van der Waals surface area contributed by atoms with Crippen LogP contribution in [-0.4, -0.2) is 52.8 Å². The highest BCUT2D eigenvalue weighted by molar-refractivity contribution is 5.95. The number of hydrogen-bond donors (Lipinski definition) is 1. The quantitative estimate of drug-likeness (QED) is 0.723. The summed E-state index contributed by atoms with van der Waals surface area (Å²) in [5.41, 5.74) is 3.39. The van der Waals surface area contributed by atoms with Crippen molar-refractivity contribution in [3.05, 3.63) is 47.4 Å². The highest BCUT2D eigenvalue weighted by Gasteiger charge is 2.49. The second-order valence-corrected chi connectivity index (χ2v) is 6.49. The second kappa shape index (κ2) is 8.02. The number of ketones is 1. The number of Topliss-reactive ketones (excluding diaryl/α,β-unsaturated/α-hetero) is 1. The molecular formula is C18H18F3N5O3. The molecule has 29 heavy (non-hydrogen) atoms. The lowest BCUT2D eigenvalue weighted by Gasteiger charge is -2.36. The third kappa shape index (κ3) is 3.98. The van der Waals surface area contributed by atoms with Crippen LogP contribution in [0.3, 0.4) is 0 Å². The molecule has 0 radical (unpaired) electrons. The number of rotatable bonds is 6. The number of aliphatic imine (C=N–C) groups is 1. The van der Waals surface area contributed by atoms with Crippen LogP contribution in [0.25, 0.3) is 0 Å². The van der Waals surface area contributed by atoms with Gasteiger partial charge in [-0.25, -0.2) is 28.1 Å². The largest absolute Gasteiger partial charge is 0.480 e. The SMILES string of the molecule is COc1cnc(C(=O)Cc2ccc(F)c([C@@]3(C)N=C(N)O[C@H](CF)[C@@H]3F)n2)cn1. The number of hydrogen-bond acceptors (Lipinski definition) is 8. The smallest absolute Gasteiger partial charge is 0.283 e. The van der Waals surface area contributed by atoms with E-state index in [4.69, 9.17) is 15.2 Å². The Morgan fingerprint density at radius 3 is 2.72 bits per heavy atom. The van der Waals surface area contributed by atoms with Gasteiger partial charge in [0.2, 0.25) is 5.88 Å². The molecular weight excluding hydrogens is 391 g/mol. The van der Waals surface area contributed by atoms with Gasteiger partial charge in [0.25, 0.3) is 6.02 Å². The summed E-state index contributed by atoms with van der Waals surface area (Å²) in [6.45, 7) is 0.0601. The lowest BCUT2D eigenvalue weighted by atomic mass is 9.87. The first-order valence-corrected chi connectivity index (χ1v) is 8.55. The predicted octanol–water partition coefficient (Wildman–Crippen LogP) is 1.68. The summed E-state index contributed by atoms with van der Waals surface area (Å²) in [7, 11) is 1.41. The number of amidine groups is 1. The summed E-state index contributed by atoms with van der Waals surface area (Å²) in [6, 6.07) is 1.85. The molecule has 0 spiro atoms. The van der Waals surface area contributed by atoms with Crippen LogP contribution in [0.4, 0.5) is 13.2 Å². The van der Waals surface area contributed by atoms with Gasteiger partial charge >= 0.3 is 0 Å². The molecule has 8 nitrogen and oxygen atoms in total. The summed E-state index contributed by atoms with van der Waals surface area (Å²) < 4.78 is 52.1. The molecule has 3 heterocycles. The molecule has 0 saturated carbocycles. The molecule has 0 aromatic carbocycles. The number of methoxy groups -OCH3 is 1. The predicted molar refractivity (Wildman–Crippen MR) is 95.5 cm³/mol. The number of ether oxygens (including phenoxy) is 2. The Kier molecular flexibility index (Phi) is 5.66. The van der Waals surface area contributed by atoms with Crippen LogP contribution in [0, 0.1) is 5.82 Å². The fourth-order valence-electron chi connectivity index (χ4n) is 2.94. The maximum atomic E-state index is 14.8. The molecule has 0 saturated heterocycles. The third-order valence-corrected chi connectivity index (χ3v) is 4.48. The van der Waals surface area contributed by atoms with Crippen LogP contribution >= 0.6 is 0 Å². The van der Waals surface area contributed by atoms with Crippen LogP contribution in [0.15, 0.2) is 29.5 Å². The number of nitrogens with two attached hydrogens (primary N) is 1. The summed E-state index contributed by atoms with van der Waals surface area (Å²) in [5.74, 6) is -1.07. The van der Waals surface area contributed by atoms with Crippen LogP contribution in [0.1, 0.15) is 28.8 Å². The highest BCUT2D eigenvalue weighted by atomic mass is 19.1. The number of alkyl halides is 2. The van der Waals surface area contributed by atoms with E-state index in [1.807, 2.05) is 0 Å². The molecule has 154 valence electrons. The van der Waals surface area contributed by atoms with E-state index >= 15 is 0 Å². The van der Waals surface area contributed by atoms with Crippen molar-refractivity contribution in [3.63, 3.8) is 0 Å². The van der Waals surface area contributed by atoms with Gasteiger partial charge in [-0.3, -0.25) is 9.78 Å². The van der Waals surface area contributed by atoms with Gasteiger partial charge in [0.15, 0.2) is 18.1 Å². The Morgan fingerprint density at radius 1 is 1.34 bits per heavy atom. The minimum absolute atomic E-state index is 0.0545.